The molecular weight excluding hydrogens is 466 g/mol. The number of anilines is 1. The Hall–Kier alpha value is -3.91. The summed E-state index contributed by atoms with van der Waals surface area (Å²) in [6.45, 7) is 4.02. The van der Waals surface area contributed by atoms with Crippen molar-refractivity contribution < 1.29 is 13.3 Å². The lowest BCUT2D eigenvalue weighted by molar-refractivity contribution is 0.404. The number of rotatable bonds is 5. The van der Waals surface area contributed by atoms with Crippen LogP contribution in [0.2, 0.25) is 0 Å². The van der Waals surface area contributed by atoms with Crippen LogP contribution < -0.4 is 10.2 Å². The molecule has 0 saturated carbocycles. The number of nitrogens with zero attached hydrogens (tertiary/aromatic N) is 3. The average molecular weight is 489 g/mol. The lowest BCUT2D eigenvalue weighted by atomic mass is 9.94. The van der Waals surface area contributed by atoms with Crippen LogP contribution in [0.15, 0.2) is 83.0 Å². The monoisotopic (exact) mass is 488 g/mol. The van der Waals surface area contributed by atoms with E-state index in [4.69, 9.17) is 16.7 Å². The van der Waals surface area contributed by atoms with Crippen molar-refractivity contribution in [2.75, 3.05) is 4.90 Å². The van der Waals surface area contributed by atoms with Gasteiger partial charge in [-0.05, 0) is 85.2 Å². The summed E-state index contributed by atoms with van der Waals surface area (Å²) in [7, 11) is 0. The van der Waals surface area contributed by atoms with E-state index in [0.717, 1.165) is 17.8 Å². The van der Waals surface area contributed by atoms with Crippen LogP contribution in [0.5, 0.6) is 0 Å². The predicted octanol–water partition coefficient (Wildman–Crippen LogP) is 6.44. The van der Waals surface area contributed by atoms with E-state index in [1.54, 1.807) is 18.2 Å². The molecule has 1 aromatic heterocycles. The normalized spacial score (nSPS) is 15.9. The maximum absolute atomic E-state index is 14.1. The van der Waals surface area contributed by atoms with Gasteiger partial charge in [0.15, 0.2) is 5.11 Å². The molecule has 1 N–H and O–H groups in total. The third-order valence-corrected chi connectivity index (χ3v) is 6.33. The van der Waals surface area contributed by atoms with Crippen molar-refractivity contribution >= 4 is 28.6 Å². The molecule has 1 aliphatic heterocycles. The van der Waals surface area contributed by atoms with Gasteiger partial charge in [-0.3, -0.25) is 4.90 Å². The Bertz CT molecular complexity index is 1410. The van der Waals surface area contributed by atoms with Gasteiger partial charge in [-0.2, -0.15) is 4.98 Å². The highest BCUT2D eigenvalue weighted by atomic mass is 32.1. The number of nitrogens with one attached hydrogen (secondary N) is 1. The Balaban J connectivity index is 1.64. The molecule has 0 fully saturated rings. The smallest absolute Gasteiger partial charge is 0.258 e. The third-order valence-electron chi connectivity index (χ3n) is 6.03. The summed E-state index contributed by atoms with van der Waals surface area (Å²) in [5, 5.41) is 7.92. The first-order valence-electron chi connectivity index (χ1n) is 11.2. The fourth-order valence-electron chi connectivity index (χ4n) is 4.20. The van der Waals surface area contributed by atoms with Crippen molar-refractivity contribution in [1.29, 1.82) is 0 Å². The summed E-state index contributed by atoms with van der Waals surface area (Å²) in [5.74, 6) is -0.120. The van der Waals surface area contributed by atoms with Gasteiger partial charge in [0, 0.05) is 16.9 Å². The molecule has 5 rings (SSSR count). The summed E-state index contributed by atoms with van der Waals surface area (Å²) < 4.78 is 33.2. The van der Waals surface area contributed by atoms with Crippen molar-refractivity contribution in [2.24, 2.45) is 0 Å². The molecule has 0 spiro atoms. The topological polar surface area (TPSA) is 54.2 Å². The zero-order chi connectivity index (χ0) is 24.5. The van der Waals surface area contributed by atoms with E-state index in [2.05, 4.69) is 34.5 Å². The molecule has 0 aliphatic carbocycles. The SMILES string of the molecule is CCc1ccc(N2C(=S)NC(c3cccc(F)c3)C(c3nc(-c4ccc(F)cc4)no3)=C2C)cc1. The summed E-state index contributed by atoms with van der Waals surface area (Å²) in [5.41, 5.74) is 4.83. The molecule has 0 amide bonds. The molecule has 0 radical (unpaired) electrons. The van der Waals surface area contributed by atoms with Crippen LogP contribution in [0.3, 0.4) is 0 Å². The van der Waals surface area contributed by atoms with Gasteiger partial charge < -0.3 is 9.84 Å². The maximum Gasteiger partial charge on any atom is 0.258 e. The molecule has 1 atom stereocenters. The first kappa shape index (κ1) is 22.9. The minimum absolute atomic E-state index is 0.265. The molecule has 8 heteroatoms. The predicted molar refractivity (Wildman–Crippen MR) is 135 cm³/mol. The minimum atomic E-state index is -0.508. The maximum atomic E-state index is 14.1. The van der Waals surface area contributed by atoms with E-state index in [1.807, 2.05) is 30.0 Å². The molecule has 1 unspecified atom stereocenters. The fourth-order valence-corrected chi connectivity index (χ4v) is 4.56. The van der Waals surface area contributed by atoms with Crippen LogP contribution >= 0.6 is 12.2 Å². The van der Waals surface area contributed by atoms with E-state index >= 15 is 0 Å². The number of thiocarbonyl (C=S) groups is 1. The number of halogens is 2. The second-order valence-corrected chi connectivity index (χ2v) is 8.61. The van der Waals surface area contributed by atoms with Crippen LogP contribution in [0.25, 0.3) is 17.0 Å². The Morgan fingerprint density at radius 1 is 1.00 bits per heavy atom. The first-order valence-corrected chi connectivity index (χ1v) is 11.6. The Morgan fingerprint density at radius 3 is 2.43 bits per heavy atom. The van der Waals surface area contributed by atoms with Crippen LogP contribution in [0, 0.1) is 11.6 Å². The molecule has 0 saturated heterocycles. The van der Waals surface area contributed by atoms with E-state index < -0.39 is 6.04 Å². The largest absolute Gasteiger partial charge is 0.351 e. The van der Waals surface area contributed by atoms with Gasteiger partial charge in [-0.1, -0.05) is 36.3 Å². The summed E-state index contributed by atoms with van der Waals surface area (Å²) in [6, 6.07) is 19.8. The molecule has 176 valence electrons. The molecular formula is C27H22F2N4OS. The van der Waals surface area contributed by atoms with E-state index in [-0.39, 0.29) is 17.5 Å². The third kappa shape index (κ3) is 4.44. The number of aryl methyl sites for hydroxylation is 1. The van der Waals surface area contributed by atoms with E-state index in [1.165, 1.54) is 29.8 Å². The Labute approximate surface area is 207 Å². The molecule has 3 aromatic carbocycles. The van der Waals surface area contributed by atoms with Crippen molar-refractivity contribution in [3.63, 3.8) is 0 Å². The molecule has 35 heavy (non-hydrogen) atoms. The number of allylic oxidation sites excluding steroid dienone is 1. The second kappa shape index (κ2) is 9.38. The zero-order valence-electron chi connectivity index (χ0n) is 19.1. The molecule has 0 bridgehead atoms. The van der Waals surface area contributed by atoms with Gasteiger partial charge in [0.05, 0.1) is 11.6 Å². The van der Waals surface area contributed by atoms with Gasteiger partial charge in [0.1, 0.15) is 11.6 Å². The summed E-state index contributed by atoms with van der Waals surface area (Å²) in [4.78, 5) is 6.51. The molecule has 5 nitrogen and oxygen atoms in total. The van der Waals surface area contributed by atoms with Crippen molar-refractivity contribution in [3.05, 3.63) is 107 Å². The first-order chi connectivity index (χ1) is 16.9. The highest BCUT2D eigenvalue weighted by Crippen LogP contribution is 2.39. The quantitative estimate of drug-likeness (QED) is 0.326. The Kier molecular flexibility index (Phi) is 6.13. The van der Waals surface area contributed by atoms with Gasteiger partial charge in [-0.15, -0.1) is 0 Å². The Morgan fingerprint density at radius 2 is 1.74 bits per heavy atom. The van der Waals surface area contributed by atoms with Crippen LogP contribution in [-0.2, 0) is 6.42 Å². The summed E-state index contributed by atoms with van der Waals surface area (Å²) >= 11 is 5.74. The van der Waals surface area contributed by atoms with Crippen molar-refractivity contribution in [1.82, 2.24) is 15.5 Å². The number of hydrogen-bond donors (Lipinski definition) is 1. The molecule has 2 heterocycles. The highest BCUT2D eigenvalue weighted by molar-refractivity contribution is 7.80. The molecule has 1 aliphatic rings. The minimum Gasteiger partial charge on any atom is -0.351 e. The molecule has 4 aromatic rings. The second-order valence-electron chi connectivity index (χ2n) is 8.22. The van der Waals surface area contributed by atoms with Crippen LogP contribution in [-0.4, -0.2) is 15.3 Å². The number of benzene rings is 3. The van der Waals surface area contributed by atoms with Crippen LogP contribution in [0.4, 0.5) is 14.5 Å². The zero-order valence-corrected chi connectivity index (χ0v) is 19.9. The number of hydrogen-bond acceptors (Lipinski definition) is 4. The van der Waals surface area contributed by atoms with Gasteiger partial charge in [0.2, 0.25) is 5.82 Å². The summed E-state index contributed by atoms with van der Waals surface area (Å²) in [6.07, 6.45) is 0.929. The van der Waals surface area contributed by atoms with Gasteiger partial charge >= 0.3 is 0 Å². The van der Waals surface area contributed by atoms with Gasteiger partial charge in [-0.25, -0.2) is 8.78 Å². The lowest BCUT2D eigenvalue weighted by Crippen LogP contribution is -2.46. The standard InChI is InChI=1S/C27H22F2N4OS/c1-3-17-7-13-22(14-8-17)33-16(2)23(24(30-27(33)35)19-5-4-6-21(29)15-19)26-31-25(32-34-26)18-9-11-20(28)12-10-18/h4-15,24H,3H2,1-2H3,(H,30,35). The van der Waals surface area contributed by atoms with Crippen LogP contribution in [0.1, 0.15) is 36.9 Å². The average Bonchev–Trinajstić information content (AvgIpc) is 3.34. The lowest BCUT2D eigenvalue weighted by Gasteiger charge is -2.37. The van der Waals surface area contributed by atoms with E-state index in [9.17, 15) is 8.78 Å². The highest BCUT2D eigenvalue weighted by Gasteiger charge is 2.35. The van der Waals surface area contributed by atoms with Crippen molar-refractivity contribution in [3.8, 4) is 11.4 Å². The van der Waals surface area contributed by atoms with Gasteiger partial charge in [0.25, 0.3) is 5.89 Å². The number of aromatic nitrogens is 2. The van der Waals surface area contributed by atoms with Crippen molar-refractivity contribution in [2.45, 2.75) is 26.3 Å². The fraction of sp³-hybridized carbons (Fsp3) is 0.148. The van der Waals surface area contributed by atoms with E-state index in [0.29, 0.717) is 27.6 Å².